The second-order valence-electron chi connectivity index (χ2n) is 3.27. The predicted octanol–water partition coefficient (Wildman–Crippen LogP) is 0.956. The molecule has 90 valence electrons. The van der Waals surface area contributed by atoms with E-state index in [-0.39, 0.29) is 5.91 Å². The van der Waals surface area contributed by atoms with E-state index >= 15 is 0 Å². The van der Waals surface area contributed by atoms with Crippen molar-refractivity contribution in [3.63, 3.8) is 0 Å². The van der Waals surface area contributed by atoms with Crippen molar-refractivity contribution in [1.82, 2.24) is 20.0 Å². The molecule has 2 N–H and O–H groups in total. The molecule has 0 aromatic carbocycles. The molecule has 2 aromatic rings. The van der Waals surface area contributed by atoms with Gasteiger partial charge in [0.2, 0.25) is 10.1 Å². The zero-order valence-electron chi connectivity index (χ0n) is 9.47. The molecular formula is C9H12N6OS. The first-order chi connectivity index (χ1) is 8.19. The van der Waals surface area contributed by atoms with Crippen LogP contribution >= 0.6 is 11.3 Å². The molecule has 1 amide bonds. The highest BCUT2D eigenvalue weighted by atomic mass is 32.1. The summed E-state index contributed by atoms with van der Waals surface area (Å²) in [5, 5.41) is 18.3. The number of aromatic nitrogens is 4. The minimum absolute atomic E-state index is 0.301. The second kappa shape index (κ2) is 4.91. The van der Waals surface area contributed by atoms with E-state index in [1.54, 1.807) is 24.0 Å². The monoisotopic (exact) mass is 252 g/mol. The van der Waals surface area contributed by atoms with Gasteiger partial charge < -0.3 is 10.6 Å². The van der Waals surface area contributed by atoms with E-state index in [0.29, 0.717) is 16.0 Å². The molecule has 2 aromatic heterocycles. The number of aryl methyl sites for hydroxylation is 1. The van der Waals surface area contributed by atoms with Crippen molar-refractivity contribution in [2.24, 2.45) is 7.05 Å². The van der Waals surface area contributed by atoms with Gasteiger partial charge in [-0.2, -0.15) is 5.10 Å². The maximum atomic E-state index is 11.8. The number of amides is 1. The van der Waals surface area contributed by atoms with Crippen LogP contribution in [0.5, 0.6) is 0 Å². The molecule has 0 saturated heterocycles. The molecular weight excluding hydrogens is 240 g/mol. The molecule has 0 fully saturated rings. The van der Waals surface area contributed by atoms with Crippen molar-refractivity contribution in [3.05, 3.63) is 17.3 Å². The summed E-state index contributed by atoms with van der Waals surface area (Å²) >= 11 is 1.21. The maximum absolute atomic E-state index is 11.8. The Labute approximate surface area is 102 Å². The normalized spacial score (nSPS) is 10.2. The minimum Gasteiger partial charge on any atom is -0.360 e. The van der Waals surface area contributed by atoms with Crippen molar-refractivity contribution >= 4 is 28.2 Å². The molecule has 0 aliphatic carbocycles. The number of nitrogens with zero attached hydrogens (tertiary/aromatic N) is 4. The standard InChI is InChI=1S/C9H12N6OS/c1-3-10-9-13-12-8(17-9)7(16)11-6-4-5-15(2)14-6/h4-5H,3H2,1-2H3,(H,10,13)(H,11,14,16). The topological polar surface area (TPSA) is 84.7 Å². The Morgan fingerprint density at radius 1 is 1.53 bits per heavy atom. The summed E-state index contributed by atoms with van der Waals surface area (Å²) < 4.78 is 1.61. The largest absolute Gasteiger partial charge is 0.360 e. The van der Waals surface area contributed by atoms with Gasteiger partial charge in [0.25, 0.3) is 5.91 Å². The average molecular weight is 252 g/mol. The van der Waals surface area contributed by atoms with Crippen molar-refractivity contribution in [1.29, 1.82) is 0 Å². The van der Waals surface area contributed by atoms with Gasteiger partial charge in [0.05, 0.1) is 0 Å². The van der Waals surface area contributed by atoms with Gasteiger partial charge in [0, 0.05) is 25.9 Å². The van der Waals surface area contributed by atoms with Crippen LogP contribution in [0.1, 0.15) is 16.7 Å². The third-order valence-corrected chi connectivity index (χ3v) is 2.78. The Morgan fingerprint density at radius 3 is 3.00 bits per heavy atom. The first-order valence-electron chi connectivity index (χ1n) is 5.07. The van der Waals surface area contributed by atoms with Gasteiger partial charge in [-0.15, -0.1) is 10.2 Å². The lowest BCUT2D eigenvalue weighted by atomic mass is 10.5. The number of hydrogen-bond donors (Lipinski definition) is 2. The summed E-state index contributed by atoms with van der Waals surface area (Å²) in [5.74, 6) is 0.197. The van der Waals surface area contributed by atoms with Crippen LogP contribution in [-0.4, -0.2) is 32.4 Å². The number of carbonyl (C=O) groups excluding carboxylic acids is 1. The molecule has 8 heteroatoms. The van der Waals surface area contributed by atoms with Crippen LogP contribution in [0, 0.1) is 0 Å². The van der Waals surface area contributed by atoms with Crippen molar-refractivity contribution < 1.29 is 4.79 Å². The van der Waals surface area contributed by atoms with Crippen LogP contribution in [0.2, 0.25) is 0 Å². The zero-order chi connectivity index (χ0) is 12.3. The van der Waals surface area contributed by atoms with Gasteiger partial charge in [0.15, 0.2) is 5.82 Å². The SMILES string of the molecule is CCNc1nnc(C(=O)Nc2ccn(C)n2)s1. The van der Waals surface area contributed by atoms with Crippen molar-refractivity contribution in [2.75, 3.05) is 17.2 Å². The van der Waals surface area contributed by atoms with Crippen LogP contribution in [-0.2, 0) is 7.05 Å². The van der Waals surface area contributed by atoms with Crippen molar-refractivity contribution in [3.8, 4) is 0 Å². The van der Waals surface area contributed by atoms with E-state index in [1.807, 2.05) is 6.92 Å². The first-order valence-corrected chi connectivity index (χ1v) is 5.89. The lowest BCUT2D eigenvalue weighted by Gasteiger charge is -1.96. The van der Waals surface area contributed by atoms with Crippen LogP contribution in [0.4, 0.5) is 10.9 Å². The number of rotatable bonds is 4. The van der Waals surface area contributed by atoms with Crippen LogP contribution < -0.4 is 10.6 Å². The summed E-state index contributed by atoms with van der Waals surface area (Å²) in [6.45, 7) is 2.70. The maximum Gasteiger partial charge on any atom is 0.287 e. The Bertz CT molecular complexity index is 519. The van der Waals surface area contributed by atoms with Crippen LogP contribution in [0.3, 0.4) is 0 Å². The molecule has 2 heterocycles. The average Bonchev–Trinajstić information content (AvgIpc) is 2.88. The molecule has 0 radical (unpaired) electrons. The van der Waals surface area contributed by atoms with Gasteiger partial charge in [0.1, 0.15) is 0 Å². The number of nitrogens with one attached hydrogen (secondary N) is 2. The van der Waals surface area contributed by atoms with Gasteiger partial charge >= 0.3 is 0 Å². The predicted molar refractivity (Wildman–Crippen MR) is 65.2 cm³/mol. The fourth-order valence-electron chi connectivity index (χ4n) is 1.19. The summed E-state index contributed by atoms with van der Waals surface area (Å²) in [7, 11) is 1.78. The summed E-state index contributed by atoms with van der Waals surface area (Å²) in [6, 6.07) is 1.71. The molecule has 0 unspecified atom stereocenters. The molecule has 0 spiro atoms. The number of anilines is 2. The molecule has 0 saturated carbocycles. The van der Waals surface area contributed by atoms with Gasteiger partial charge in [-0.25, -0.2) is 0 Å². The van der Waals surface area contributed by atoms with Gasteiger partial charge in [-0.3, -0.25) is 9.48 Å². The summed E-state index contributed by atoms with van der Waals surface area (Å²) in [5.41, 5.74) is 0. The smallest absolute Gasteiger partial charge is 0.287 e. The third kappa shape index (κ3) is 2.78. The minimum atomic E-state index is -0.301. The van der Waals surface area contributed by atoms with E-state index in [4.69, 9.17) is 0 Å². The molecule has 0 aliphatic rings. The Hall–Kier alpha value is -1.96. The van der Waals surface area contributed by atoms with E-state index < -0.39 is 0 Å². The molecule has 17 heavy (non-hydrogen) atoms. The molecule has 0 bridgehead atoms. The fraction of sp³-hybridized carbons (Fsp3) is 0.333. The summed E-state index contributed by atoms with van der Waals surface area (Å²) in [4.78, 5) is 11.8. The molecule has 0 aliphatic heterocycles. The Kier molecular flexibility index (Phi) is 3.33. The van der Waals surface area contributed by atoms with Crippen LogP contribution in [0.25, 0.3) is 0 Å². The van der Waals surface area contributed by atoms with E-state index in [2.05, 4.69) is 25.9 Å². The Balaban J connectivity index is 2.03. The van der Waals surface area contributed by atoms with E-state index in [0.717, 1.165) is 6.54 Å². The van der Waals surface area contributed by atoms with E-state index in [9.17, 15) is 4.79 Å². The Morgan fingerprint density at radius 2 is 2.35 bits per heavy atom. The fourth-order valence-corrected chi connectivity index (χ4v) is 1.90. The van der Waals surface area contributed by atoms with E-state index in [1.165, 1.54) is 11.3 Å². The highest BCUT2D eigenvalue weighted by molar-refractivity contribution is 7.17. The number of carbonyl (C=O) groups is 1. The van der Waals surface area contributed by atoms with Crippen molar-refractivity contribution in [2.45, 2.75) is 6.92 Å². The van der Waals surface area contributed by atoms with Crippen LogP contribution in [0.15, 0.2) is 12.3 Å². The highest BCUT2D eigenvalue weighted by Crippen LogP contribution is 2.15. The molecule has 7 nitrogen and oxygen atoms in total. The quantitative estimate of drug-likeness (QED) is 0.846. The number of hydrogen-bond acceptors (Lipinski definition) is 6. The lowest BCUT2D eigenvalue weighted by molar-refractivity contribution is 0.102. The summed E-state index contributed by atoms with van der Waals surface area (Å²) in [6.07, 6.45) is 1.75. The second-order valence-corrected chi connectivity index (χ2v) is 4.25. The van der Waals surface area contributed by atoms with Gasteiger partial charge in [-0.1, -0.05) is 11.3 Å². The third-order valence-electron chi connectivity index (χ3n) is 1.90. The first kappa shape index (κ1) is 11.5. The van der Waals surface area contributed by atoms with Gasteiger partial charge in [-0.05, 0) is 6.92 Å². The zero-order valence-corrected chi connectivity index (χ0v) is 10.3. The molecule has 2 rings (SSSR count). The lowest BCUT2D eigenvalue weighted by Crippen LogP contribution is -2.12. The molecule has 0 atom stereocenters. The highest BCUT2D eigenvalue weighted by Gasteiger charge is 2.13.